The molecule has 0 amide bonds. The van der Waals surface area contributed by atoms with Gasteiger partial charge in [0.15, 0.2) is 0 Å². The van der Waals surface area contributed by atoms with E-state index in [0.29, 0.717) is 12.0 Å². The number of aryl methyl sites for hydroxylation is 2. The van der Waals surface area contributed by atoms with Gasteiger partial charge in [0.1, 0.15) is 0 Å². The second-order valence-corrected chi connectivity index (χ2v) is 6.38. The smallest absolute Gasteiger partial charge is 0.0348 e. The maximum atomic E-state index is 5.84. The van der Waals surface area contributed by atoms with Crippen LogP contribution >= 0.6 is 0 Å². The summed E-state index contributed by atoms with van der Waals surface area (Å²) < 4.78 is 0. The minimum absolute atomic E-state index is 0.585. The zero-order chi connectivity index (χ0) is 13.2. The third-order valence-electron chi connectivity index (χ3n) is 4.98. The Morgan fingerprint density at radius 2 is 1.95 bits per heavy atom. The Bertz CT molecular complexity index is 441. The number of likely N-dealkylation sites (tertiary alicyclic amines) is 1. The van der Waals surface area contributed by atoms with E-state index in [1.165, 1.54) is 44.1 Å². The monoisotopic (exact) mass is 258 g/mol. The second-order valence-electron chi connectivity index (χ2n) is 6.38. The highest BCUT2D eigenvalue weighted by Crippen LogP contribution is 2.35. The minimum atomic E-state index is 0.585. The summed E-state index contributed by atoms with van der Waals surface area (Å²) in [5, 5.41) is 0. The summed E-state index contributed by atoms with van der Waals surface area (Å²) in [5.41, 5.74) is 10.6. The molecule has 2 heteroatoms. The van der Waals surface area contributed by atoms with Gasteiger partial charge in [-0.05, 0) is 68.3 Å². The predicted octanol–water partition coefficient (Wildman–Crippen LogP) is 2.91. The molecule has 19 heavy (non-hydrogen) atoms. The van der Waals surface area contributed by atoms with E-state index < -0.39 is 0 Å². The van der Waals surface area contributed by atoms with Crippen LogP contribution in [0.2, 0.25) is 0 Å². The SMILES string of the molecule is CN1CC(CN)CC1c1ccc2c(c1)CCCCC2. The maximum absolute atomic E-state index is 5.84. The molecule has 0 radical (unpaired) electrons. The number of fused-ring (bicyclic) bond motifs is 1. The molecular weight excluding hydrogens is 232 g/mol. The predicted molar refractivity (Wildman–Crippen MR) is 80.2 cm³/mol. The van der Waals surface area contributed by atoms with Crippen LogP contribution in [0, 0.1) is 5.92 Å². The lowest BCUT2D eigenvalue weighted by molar-refractivity contribution is 0.313. The van der Waals surface area contributed by atoms with Crippen LogP contribution in [0.15, 0.2) is 18.2 Å². The van der Waals surface area contributed by atoms with Crippen molar-refractivity contribution in [2.24, 2.45) is 11.7 Å². The fourth-order valence-electron chi connectivity index (χ4n) is 3.80. The van der Waals surface area contributed by atoms with Crippen LogP contribution in [0.25, 0.3) is 0 Å². The van der Waals surface area contributed by atoms with E-state index in [1.54, 1.807) is 11.1 Å². The Hall–Kier alpha value is -0.860. The van der Waals surface area contributed by atoms with Crippen LogP contribution in [0.1, 0.15) is 48.4 Å². The van der Waals surface area contributed by atoms with E-state index in [9.17, 15) is 0 Å². The third kappa shape index (κ3) is 2.70. The van der Waals surface area contributed by atoms with Gasteiger partial charge >= 0.3 is 0 Å². The molecule has 3 rings (SSSR count). The Balaban J connectivity index is 1.83. The Kier molecular flexibility index (Phi) is 3.90. The van der Waals surface area contributed by atoms with Crippen molar-refractivity contribution in [3.05, 3.63) is 34.9 Å². The molecule has 0 bridgehead atoms. The van der Waals surface area contributed by atoms with E-state index in [2.05, 4.69) is 30.1 Å². The highest BCUT2D eigenvalue weighted by molar-refractivity contribution is 5.35. The zero-order valence-corrected chi connectivity index (χ0v) is 12.1. The number of hydrogen-bond acceptors (Lipinski definition) is 2. The lowest BCUT2D eigenvalue weighted by Crippen LogP contribution is -2.20. The number of nitrogens with two attached hydrogens (primary N) is 1. The molecule has 2 atom stereocenters. The van der Waals surface area contributed by atoms with Crippen LogP contribution in [0.5, 0.6) is 0 Å². The first-order chi connectivity index (χ1) is 9.28. The van der Waals surface area contributed by atoms with E-state index in [1.807, 2.05) is 0 Å². The molecular formula is C17H26N2. The van der Waals surface area contributed by atoms with Gasteiger partial charge in [0.05, 0.1) is 0 Å². The fraction of sp³-hybridized carbons (Fsp3) is 0.647. The first-order valence-electron chi connectivity index (χ1n) is 7.80. The normalized spacial score (nSPS) is 28.1. The van der Waals surface area contributed by atoms with Crippen LogP contribution in [-0.4, -0.2) is 25.0 Å². The summed E-state index contributed by atoms with van der Waals surface area (Å²) in [7, 11) is 2.24. The summed E-state index contributed by atoms with van der Waals surface area (Å²) in [6.45, 7) is 1.98. The van der Waals surface area contributed by atoms with Gasteiger partial charge in [0, 0.05) is 12.6 Å². The van der Waals surface area contributed by atoms with Gasteiger partial charge in [0.25, 0.3) is 0 Å². The molecule has 0 spiro atoms. The Morgan fingerprint density at radius 3 is 2.68 bits per heavy atom. The van der Waals surface area contributed by atoms with Crippen molar-refractivity contribution in [2.45, 2.75) is 44.6 Å². The fourth-order valence-corrected chi connectivity index (χ4v) is 3.80. The molecule has 2 aliphatic rings. The quantitative estimate of drug-likeness (QED) is 0.827. The van der Waals surface area contributed by atoms with E-state index in [-0.39, 0.29) is 0 Å². The molecule has 1 aliphatic heterocycles. The molecule has 2 unspecified atom stereocenters. The summed E-state index contributed by atoms with van der Waals surface area (Å²) in [6, 6.07) is 7.83. The number of hydrogen-bond donors (Lipinski definition) is 1. The molecule has 1 saturated heterocycles. The van der Waals surface area contributed by atoms with Crippen LogP contribution in [-0.2, 0) is 12.8 Å². The summed E-state index contributed by atoms with van der Waals surface area (Å²) >= 11 is 0. The van der Waals surface area contributed by atoms with Crippen molar-refractivity contribution in [3.63, 3.8) is 0 Å². The van der Waals surface area contributed by atoms with Crippen molar-refractivity contribution >= 4 is 0 Å². The largest absolute Gasteiger partial charge is 0.330 e. The molecule has 2 N–H and O–H groups in total. The average molecular weight is 258 g/mol. The molecule has 2 nitrogen and oxygen atoms in total. The lowest BCUT2D eigenvalue weighted by Gasteiger charge is -2.21. The van der Waals surface area contributed by atoms with Gasteiger partial charge in [-0.15, -0.1) is 0 Å². The van der Waals surface area contributed by atoms with Crippen molar-refractivity contribution in [1.82, 2.24) is 4.90 Å². The zero-order valence-electron chi connectivity index (χ0n) is 12.1. The maximum Gasteiger partial charge on any atom is 0.0348 e. The molecule has 104 valence electrons. The number of nitrogens with zero attached hydrogens (tertiary/aromatic N) is 1. The average Bonchev–Trinajstić information content (AvgIpc) is 2.66. The lowest BCUT2D eigenvalue weighted by atomic mass is 9.94. The van der Waals surface area contributed by atoms with Crippen molar-refractivity contribution in [3.8, 4) is 0 Å². The van der Waals surface area contributed by atoms with Crippen molar-refractivity contribution in [1.29, 1.82) is 0 Å². The van der Waals surface area contributed by atoms with Gasteiger partial charge in [0.2, 0.25) is 0 Å². The molecule has 0 aromatic heterocycles. The minimum Gasteiger partial charge on any atom is -0.330 e. The summed E-state index contributed by atoms with van der Waals surface area (Å²) in [6.07, 6.45) is 7.91. The van der Waals surface area contributed by atoms with E-state index in [0.717, 1.165) is 13.1 Å². The second kappa shape index (κ2) is 5.64. The number of rotatable bonds is 2. The van der Waals surface area contributed by atoms with Crippen LogP contribution < -0.4 is 5.73 Å². The topological polar surface area (TPSA) is 29.3 Å². The van der Waals surface area contributed by atoms with E-state index >= 15 is 0 Å². The summed E-state index contributed by atoms with van der Waals surface area (Å²) in [4.78, 5) is 2.48. The molecule has 1 heterocycles. The van der Waals surface area contributed by atoms with Gasteiger partial charge in [-0.25, -0.2) is 0 Å². The van der Waals surface area contributed by atoms with Gasteiger partial charge in [-0.3, -0.25) is 4.90 Å². The molecule has 1 aromatic carbocycles. The van der Waals surface area contributed by atoms with Gasteiger partial charge < -0.3 is 5.73 Å². The van der Waals surface area contributed by atoms with Crippen molar-refractivity contribution in [2.75, 3.05) is 20.1 Å². The van der Waals surface area contributed by atoms with Gasteiger partial charge in [-0.2, -0.15) is 0 Å². The molecule has 1 aliphatic carbocycles. The highest BCUT2D eigenvalue weighted by atomic mass is 15.2. The van der Waals surface area contributed by atoms with Crippen molar-refractivity contribution < 1.29 is 0 Å². The van der Waals surface area contributed by atoms with Crippen LogP contribution in [0.4, 0.5) is 0 Å². The molecule has 1 aromatic rings. The standard InChI is InChI=1S/C17H26N2/c1-19-12-13(11-18)9-17(19)16-8-7-14-5-3-2-4-6-15(14)10-16/h7-8,10,13,17H,2-6,9,11-12,18H2,1H3. The third-order valence-corrected chi connectivity index (χ3v) is 4.98. The van der Waals surface area contributed by atoms with Gasteiger partial charge in [-0.1, -0.05) is 24.6 Å². The highest BCUT2D eigenvalue weighted by Gasteiger charge is 2.29. The Morgan fingerprint density at radius 1 is 1.16 bits per heavy atom. The first kappa shape index (κ1) is 13.1. The molecule has 0 saturated carbocycles. The Labute approximate surface area is 117 Å². The number of benzene rings is 1. The first-order valence-corrected chi connectivity index (χ1v) is 7.80. The van der Waals surface area contributed by atoms with E-state index in [4.69, 9.17) is 5.73 Å². The molecule has 1 fully saturated rings. The van der Waals surface area contributed by atoms with Crippen LogP contribution in [0.3, 0.4) is 0 Å². The summed E-state index contributed by atoms with van der Waals surface area (Å²) in [5.74, 6) is 0.675.